The van der Waals surface area contributed by atoms with Crippen molar-refractivity contribution in [2.24, 2.45) is 0 Å². The van der Waals surface area contributed by atoms with Crippen molar-refractivity contribution in [3.63, 3.8) is 0 Å². The lowest BCUT2D eigenvalue weighted by Crippen LogP contribution is -2.44. The van der Waals surface area contributed by atoms with Gasteiger partial charge in [0.05, 0.1) is 15.4 Å². The zero-order valence-corrected chi connectivity index (χ0v) is 17.4. The van der Waals surface area contributed by atoms with Gasteiger partial charge in [0.2, 0.25) is 0 Å². The standard InChI is InChI=1S/C17H18N4O6S2/c1-4-18-16(24)20-14(22)10(3)27-15(23)11-5-6-13(12(7-11)21(25)26)29-17-19-9(2)8-28-17/h5-8,10H,4H2,1-3H3,(H2,18,20,22,24). The number of urea groups is 1. The van der Waals surface area contributed by atoms with Crippen molar-refractivity contribution in [2.75, 3.05) is 6.54 Å². The molecule has 0 spiro atoms. The maximum atomic E-state index is 12.3. The van der Waals surface area contributed by atoms with Crippen LogP contribution in [-0.4, -0.2) is 40.5 Å². The molecule has 3 amide bonds. The van der Waals surface area contributed by atoms with E-state index in [1.165, 1.54) is 30.4 Å². The van der Waals surface area contributed by atoms with Crippen LogP contribution in [0.2, 0.25) is 0 Å². The highest BCUT2D eigenvalue weighted by Crippen LogP contribution is 2.36. The summed E-state index contributed by atoms with van der Waals surface area (Å²) in [7, 11) is 0. The van der Waals surface area contributed by atoms with E-state index in [-0.39, 0.29) is 11.3 Å². The third kappa shape index (κ3) is 6.26. The van der Waals surface area contributed by atoms with E-state index in [4.69, 9.17) is 4.74 Å². The molecule has 2 aromatic rings. The molecule has 29 heavy (non-hydrogen) atoms. The fourth-order valence-electron chi connectivity index (χ4n) is 2.05. The molecule has 0 aliphatic carbocycles. The van der Waals surface area contributed by atoms with Gasteiger partial charge in [0.25, 0.3) is 11.6 Å². The fraction of sp³-hybridized carbons (Fsp3) is 0.294. The first kappa shape index (κ1) is 22.3. The van der Waals surface area contributed by atoms with E-state index in [0.717, 1.165) is 23.5 Å². The minimum atomic E-state index is -1.27. The number of imide groups is 1. The van der Waals surface area contributed by atoms with Crippen molar-refractivity contribution in [2.45, 2.75) is 36.1 Å². The monoisotopic (exact) mass is 438 g/mol. The van der Waals surface area contributed by atoms with E-state index in [1.54, 1.807) is 6.92 Å². The summed E-state index contributed by atoms with van der Waals surface area (Å²) in [5.74, 6) is -1.74. The van der Waals surface area contributed by atoms with E-state index in [9.17, 15) is 24.5 Å². The summed E-state index contributed by atoms with van der Waals surface area (Å²) >= 11 is 2.47. The summed E-state index contributed by atoms with van der Waals surface area (Å²) in [6.07, 6.45) is -1.27. The van der Waals surface area contributed by atoms with Gasteiger partial charge in [-0.25, -0.2) is 14.6 Å². The molecular weight excluding hydrogens is 420 g/mol. The number of amides is 3. The summed E-state index contributed by atoms with van der Waals surface area (Å²) < 4.78 is 5.64. The Morgan fingerprint density at radius 1 is 1.38 bits per heavy atom. The Morgan fingerprint density at radius 3 is 2.69 bits per heavy atom. The second-order valence-electron chi connectivity index (χ2n) is 5.69. The predicted molar refractivity (Wildman–Crippen MR) is 106 cm³/mol. The zero-order valence-electron chi connectivity index (χ0n) is 15.8. The van der Waals surface area contributed by atoms with Gasteiger partial charge in [-0.05, 0) is 32.9 Å². The summed E-state index contributed by atoms with van der Waals surface area (Å²) in [5, 5.41) is 17.6. The van der Waals surface area contributed by atoms with E-state index in [1.807, 2.05) is 17.6 Å². The Balaban J connectivity index is 2.12. The first-order chi connectivity index (χ1) is 13.7. The topological polar surface area (TPSA) is 141 Å². The van der Waals surface area contributed by atoms with Crippen LogP contribution < -0.4 is 10.6 Å². The Kier molecular flexibility index (Phi) is 7.67. The first-order valence-electron chi connectivity index (χ1n) is 8.39. The second-order valence-corrected chi connectivity index (χ2v) is 7.84. The van der Waals surface area contributed by atoms with Gasteiger partial charge in [-0.2, -0.15) is 0 Å². The number of rotatable bonds is 7. The molecule has 2 rings (SSSR count). The van der Waals surface area contributed by atoms with Crippen LogP contribution in [0.15, 0.2) is 32.8 Å². The minimum absolute atomic E-state index is 0.0889. The van der Waals surface area contributed by atoms with Gasteiger partial charge in [-0.15, -0.1) is 11.3 Å². The van der Waals surface area contributed by atoms with Crippen LogP contribution in [0, 0.1) is 17.0 Å². The SMILES string of the molecule is CCNC(=O)NC(=O)C(C)OC(=O)c1ccc(Sc2nc(C)cs2)c([N+](=O)[O-])c1. The minimum Gasteiger partial charge on any atom is -0.449 e. The highest BCUT2D eigenvalue weighted by Gasteiger charge is 2.24. The quantitative estimate of drug-likeness (QED) is 0.382. The predicted octanol–water partition coefficient (Wildman–Crippen LogP) is 2.90. The number of thiazole rings is 1. The second kappa shape index (κ2) is 9.98. The fourth-order valence-corrected chi connectivity index (χ4v) is 3.93. The van der Waals surface area contributed by atoms with Gasteiger partial charge in [0, 0.05) is 23.7 Å². The number of nitrogens with one attached hydrogen (secondary N) is 2. The molecule has 0 saturated carbocycles. The molecule has 1 aromatic carbocycles. The highest BCUT2D eigenvalue weighted by molar-refractivity contribution is 8.01. The van der Waals surface area contributed by atoms with Gasteiger partial charge in [-0.1, -0.05) is 11.8 Å². The van der Waals surface area contributed by atoms with E-state index in [2.05, 4.69) is 10.3 Å². The largest absolute Gasteiger partial charge is 0.449 e. The highest BCUT2D eigenvalue weighted by atomic mass is 32.2. The molecule has 2 N–H and O–H groups in total. The van der Waals surface area contributed by atoms with Gasteiger partial charge in [0.15, 0.2) is 10.4 Å². The summed E-state index contributed by atoms with van der Waals surface area (Å²) in [6, 6.07) is 3.16. The lowest BCUT2D eigenvalue weighted by atomic mass is 10.2. The smallest absolute Gasteiger partial charge is 0.339 e. The normalized spacial score (nSPS) is 11.4. The van der Waals surface area contributed by atoms with Crippen LogP contribution in [0.4, 0.5) is 10.5 Å². The van der Waals surface area contributed by atoms with Crippen LogP contribution >= 0.6 is 23.1 Å². The van der Waals surface area contributed by atoms with Crippen molar-refractivity contribution in [1.82, 2.24) is 15.6 Å². The molecular formula is C17H18N4O6S2. The summed E-state index contributed by atoms with van der Waals surface area (Å²) in [5.41, 5.74) is 0.436. The van der Waals surface area contributed by atoms with Crippen molar-refractivity contribution in [3.05, 3.63) is 45.0 Å². The molecule has 0 aliphatic heterocycles. The lowest BCUT2D eigenvalue weighted by molar-refractivity contribution is -0.387. The molecule has 1 atom stereocenters. The first-order valence-corrected chi connectivity index (χ1v) is 10.1. The number of hydrogen-bond acceptors (Lipinski definition) is 9. The third-order valence-corrected chi connectivity index (χ3v) is 5.54. The number of benzene rings is 1. The van der Waals surface area contributed by atoms with Crippen molar-refractivity contribution >= 4 is 46.7 Å². The molecule has 0 saturated heterocycles. The average Bonchev–Trinajstić information content (AvgIpc) is 3.06. The summed E-state index contributed by atoms with van der Waals surface area (Å²) in [6.45, 7) is 5.10. The Bertz CT molecular complexity index is 946. The molecule has 1 unspecified atom stereocenters. The van der Waals surface area contributed by atoms with Gasteiger partial charge >= 0.3 is 12.0 Å². The number of carbonyl (C=O) groups excluding carboxylic acids is 3. The van der Waals surface area contributed by atoms with Crippen molar-refractivity contribution in [3.8, 4) is 0 Å². The number of nitro groups is 1. The van der Waals surface area contributed by atoms with Gasteiger partial charge < -0.3 is 10.1 Å². The lowest BCUT2D eigenvalue weighted by Gasteiger charge is -2.13. The Hall–Kier alpha value is -2.99. The third-order valence-electron chi connectivity index (χ3n) is 3.41. The van der Waals surface area contributed by atoms with Gasteiger partial charge in [0.1, 0.15) is 0 Å². The maximum absolute atomic E-state index is 12.3. The Morgan fingerprint density at radius 2 is 2.10 bits per heavy atom. The number of carbonyl (C=O) groups is 3. The number of nitrogens with zero attached hydrogens (tertiary/aromatic N) is 2. The zero-order chi connectivity index (χ0) is 21.6. The number of aromatic nitrogens is 1. The van der Waals surface area contributed by atoms with Crippen LogP contribution in [0.3, 0.4) is 0 Å². The molecule has 12 heteroatoms. The molecule has 0 radical (unpaired) electrons. The number of esters is 1. The number of nitro benzene ring substituents is 1. The molecule has 0 bridgehead atoms. The van der Waals surface area contributed by atoms with E-state index < -0.39 is 28.9 Å². The molecule has 1 aromatic heterocycles. The molecule has 0 fully saturated rings. The van der Waals surface area contributed by atoms with Gasteiger partial charge in [-0.3, -0.25) is 20.2 Å². The van der Waals surface area contributed by atoms with Crippen molar-refractivity contribution < 1.29 is 24.0 Å². The Labute approximate surface area is 174 Å². The van der Waals surface area contributed by atoms with Crippen LogP contribution in [0.1, 0.15) is 29.9 Å². The maximum Gasteiger partial charge on any atom is 0.339 e. The molecule has 0 aliphatic rings. The molecule has 1 heterocycles. The van der Waals surface area contributed by atoms with Crippen LogP contribution in [0.25, 0.3) is 0 Å². The molecule has 10 nitrogen and oxygen atoms in total. The molecule has 154 valence electrons. The van der Waals surface area contributed by atoms with Crippen LogP contribution in [-0.2, 0) is 9.53 Å². The van der Waals surface area contributed by atoms with Crippen LogP contribution in [0.5, 0.6) is 0 Å². The number of ether oxygens (including phenoxy) is 1. The average molecular weight is 438 g/mol. The number of aryl methyl sites for hydroxylation is 1. The van der Waals surface area contributed by atoms with Crippen molar-refractivity contribution in [1.29, 1.82) is 0 Å². The summed E-state index contributed by atoms with van der Waals surface area (Å²) in [4.78, 5) is 50.9. The van der Waals surface area contributed by atoms with E-state index in [0.29, 0.717) is 15.8 Å². The van der Waals surface area contributed by atoms with E-state index >= 15 is 0 Å². The number of hydrogen-bond donors (Lipinski definition) is 2.